The molecule has 1 amide bonds. The number of aliphatic carboxylic acids is 1. The average molecular weight is 1970 g/mol. The standard InChI is InChI=1S/C22H23NO4S.C21H22N2O5S.C21H21NO5S.2C20H23NO4S.CH4/c1-3-14-23-15-12-22(13-16-23,18(2)24)28(25,26)21-11-7-10-20(17-21)27-19-8-5-4-6-9-19;1-2-13-23-14-11-21(12-15-23,20(24)22-25)29(26,27)19-10-6-9-18(16-19)28-17-7-4-3-5-8-17;1-2-13-22-14-11-21(12-15-22,20(23)24)28(25,26)19-10-6-9-18(16-19)27-17-7-4-3-5-8-17;2*1-16(22)20(11-13-21(2)14-12-20)26(23,24)19-10-6-9-18(15-19)25-17-7-4-3-5-8-17;/h1,4-11,17H,12-16H2,2H3;1,3-10,16,25H,11-15H2,(H,22,24);1,3-10,16H,11-15H2,(H,23,24);2*3-10,15H,11-14H2,1-2H3;1H4. The van der Waals surface area contributed by atoms with Gasteiger partial charge in [-0.15, -0.1) is 19.3 Å². The number of ketones is 3. The zero-order valence-electron chi connectivity index (χ0n) is 76.8. The highest BCUT2D eigenvalue weighted by atomic mass is 32.2. The van der Waals surface area contributed by atoms with Crippen molar-refractivity contribution >= 4 is 78.4 Å². The number of hydrogen-bond acceptors (Lipinski definition) is 26. The van der Waals surface area contributed by atoms with Crippen molar-refractivity contribution in [3.63, 3.8) is 0 Å². The van der Waals surface area contributed by atoms with Crippen LogP contribution in [0.3, 0.4) is 0 Å². The summed E-state index contributed by atoms with van der Waals surface area (Å²) in [6.45, 7) is 9.89. The van der Waals surface area contributed by atoms with Crippen LogP contribution in [0.25, 0.3) is 0 Å². The number of carbonyl (C=O) groups excluding carboxylic acids is 4. The first-order valence-corrected chi connectivity index (χ1v) is 51.8. The maximum Gasteiger partial charge on any atom is 0.325 e. The molecule has 0 unspecified atom stereocenters. The van der Waals surface area contributed by atoms with E-state index in [-0.39, 0.29) is 87.8 Å². The number of Topliss-reactive ketones (excluding diaryl/α,β-unsaturated/α-hetero) is 3. The van der Waals surface area contributed by atoms with Crippen molar-refractivity contribution in [2.75, 3.05) is 99.2 Å². The number of carboxylic acids is 1. The van der Waals surface area contributed by atoms with Gasteiger partial charge in [0.15, 0.2) is 76.0 Å². The average Bonchev–Trinajstić information content (AvgIpc) is 0.889. The summed E-state index contributed by atoms with van der Waals surface area (Å²) in [6, 6.07) is 76.5. The molecular formula is C105H116N6O22S5. The molecule has 138 heavy (non-hydrogen) atoms. The van der Waals surface area contributed by atoms with Crippen LogP contribution in [0.4, 0.5) is 0 Å². The maximum atomic E-state index is 13.5. The Morgan fingerprint density at radius 1 is 0.297 bits per heavy atom. The van der Waals surface area contributed by atoms with Gasteiger partial charge in [0, 0.05) is 39.3 Å². The van der Waals surface area contributed by atoms with E-state index in [0.29, 0.717) is 168 Å². The Kier molecular flexibility index (Phi) is 37.0. The topological polar surface area (TPSA) is 371 Å². The third-order valence-electron chi connectivity index (χ3n) is 25.4. The number of nitrogens with one attached hydrogen (secondary N) is 1. The van der Waals surface area contributed by atoms with Crippen molar-refractivity contribution in [2.45, 2.75) is 141 Å². The molecule has 10 aromatic rings. The fourth-order valence-electron chi connectivity index (χ4n) is 17.1. The predicted molar refractivity (Wildman–Crippen MR) is 528 cm³/mol. The number of para-hydroxylation sites is 5. The van der Waals surface area contributed by atoms with Gasteiger partial charge in [-0.2, -0.15) is 0 Å². The second kappa shape index (κ2) is 47.6. The number of sulfone groups is 5. The summed E-state index contributed by atoms with van der Waals surface area (Å²) in [5.74, 6) is 9.35. The van der Waals surface area contributed by atoms with Gasteiger partial charge >= 0.3 is 5.97 Å². The second-order valence-corrected chi connectivity index (χ2v) is 45.2. The summed E-state index contributed by atoms with van der Waals surface area (Å²) in [5.41, 5.74) is 1.54. The van der Waals surface area contributed by atoms with Crippen LogP contribution in [-0.4, -0.2) is 229 Å². The zero-order valence-corrected chi connectivity index (χ0v) is 80.9. The number of terminal acetylenes is 3. The maximum absolute atomic E-state index is 13.5. The number of carboxylic acid groups (broad SMARTS) is 1. The van der Waals surface area contributed by atoms with Crippen LogP contribution < -0.4 is 29.2 Å². The van der Waals surface area contributed by atoms with Crippen molar-refractivity contribution in [2.24, 2.45) is 0 Å². The van der Waals surface area contributed by atoms with E-state index < -0.39 is 84.8 Å². The first kappa shape index (κ1) is 107. The molecule has 728 valence electrons. The number of piperidine rings is 5. The monoisotopic (exact) mass is 1970 g/mol. The van der Waals surface area contributed by atoms with Crippen LogP contribution in [0, 0.1) is 37.0 Å². The van der Waals surface area contributed by atoms with E-state index in [1.54, 1.807) is 151 Å². The minimum absolute atomic E-state index is 0. The Bertz CT molecular complexity index is 6290. The van der Waals surface area contributed by atoms with Gasteiger partial charge in [-0.1, -0.05) is 147 Å². The van der Waals surface area contributed by atoms with Crippen LogP contribution >= 0.6 is 0 Å². The molecule has 0 aliphatic carbocycles. The van der Waals surface area contributed by atoms with Crippen LogP contribution in [0.1, 0.15) is 92.4 Å². The Labute approximate surface area is 810 Å². The predicted octanol–water partition coefficient (Wildman–Crippen LogP) is 15.6. The summed E-state index contributed by atoms with van der Waals surface area (Å²) in [5, 5.41) is 19.1. The third-order valence-corrected chi connectivity index (χ3v) is 38.2. The quantitative estimate of drug-likeness (QED) is 0.0233. The van der Waals surface area contributed by atoms with Gasteiger partial charge in [0.1, 0.15) is 71.7 Å². The van der Waals surface area contributed by atoms with Crippen LogP contribution in [0.2, 0.25) is 0 Å². The highest BCUT2D eigenvalue weighted by Gasteiger charge is 2.57. The number of nitrogens with zero attached hydrogens (tertiary/aromatic N) is 5. The molecule has 15 rings (SSSR count). The molecule has 0 atom stereocenters. The molecule has 33 heteroatoms. The number of rotatable bonds is 28. The first-order valence-electron chi connectivity index (χ1n) is 44.3. The molecule has 5 fully saturated rings. The highest BCUT2D eigenvalue weighted by molar-refractivity contribution is 7.95. The lowest BCUT2D eigenvalue weighted by Gasteiger charge is -2.38. The Hall–Kier alpha value is -12.7. The highest BCUT2D eigenvalue weighted by Crippen LogP contribution is 2.45. The molecule has 3 N–H and O–H groups in total. The SMILES string of the molecule is C.C#CCN1CCC(C(=O)NO)(S(=O)(=O)c2cccc(Oc3ccccc3)c2)CC1.C#CCN1CCC(C(=O)O)(S(=O)(=O)c2cccc(Oc3ccccc3)c2)CC1.C#CCN1CCC(C(C)=O)(S(=O)(=O)c2cccc(Oc3ccccc3)c2)CC1.CC(=O)C1(S(=O)(=O)c2cccc(Oc3ccccc3)c2)CCN(C)CC1.CC(=O)C1(S(=O)(=O)c2cccc(Oc3ccccc3)c2)CCN(C)CC1. The molecule has 10 aromatic carbocycles. The second-order valence-electron chi connectivity index (χ2n) is 33.9. The number of ether oxygens (including phenoxy) is 5. The number of benzene rings is 10. The lowest BCUT2D eigenvalue weighted by atomic mass is 9.92. The molecule has 5 aliphatic rings. The van der Waals surface area contributed by atoms with Crippen molar-refractivity contribution in [3.05, 3.63) is 273 Å². The fourth-order valence-corrected chi connectivity index (χ4v) is 27.2. The van der Waals surface area contributed by atoms with Crippen molar-refractivity contribution in [1.29, 1.82) is 0 Å². The molecule has 28 nitrogen and oxygen atoms in total. The van der Waals surface area contributed by atoms with E-state index in [2.05, 4.69) is 17.8 Å². The summed E-state index contributed by atoms with van der Waals surface area (Å²) < 4.78 is 155. The van der Waals surface area contributed by atoms with Crippen molar-refractivity contribution in [1.82, 2.24) is 30.0 Å². The van der Waals surface area contributed by atoms with Crippen LogP contribution in [0.15, 0.2) is 297 Å². The van der Waals surface area contributed by atoms with E-state index in [9.17, 15) is 76.4 Å². The van der Waals surface area contributed by atoms with Gasteiger partial charge in [0.2, 0.25) is 0 Å². The number of hydroxylamine groups is 1. The number of likely N-dealkylation sites (tertiary alicyclic amines) is 5. The minimum Gasteiger partial charge on any atom is -0.480 e. The summed E-state index contributed by atoms with van der Waals surface area (Å²) in [7, 11) is -15.9. The third kappa shape index (κ3) is 24.7. The van der Waals surface area contributed by atoms with E-state index >= 15 is 0 Å². The molecular weight excluding hydrogens is 1860 g/mol. The normalized spacial score (nSPS) is 16.9. The summed E-state index contributed by atoms with van der Waals surface area (Å²) >= 11 is 0. The zero-order chi connectivity index (χ0) is 98.9. The molecule has 5 heterocycles. The molecule has 0 saturated carbocycles. The molecule has 0 aromatic heterocycles. The van der Waals surface area contributed by atoms with E-state index in [1.165, 1.54) is 81.4 Å². The largest absolute Gasteiger partial charge is 0.480 e. The molecule has 0 spiro atoms. The number of carbonyl (C=O) groups is 5. The fraction of sp³-hybridized carbons (Fsp3) is 0.324. The van der Waals surface area contributed by atoms with Gasteiger partial charge in [0.25, 0.3) is 5.91 Å². The van der Waals surface area contributed by atoms with Gasteiger partial charge < -0.3 is 38.6 Å². The lowest BCUT2D eigenvalue weighted by molar-refractivity contribution is -0.141. The van der Waals surface area contributed by atoms with E-state index in [1.807, 2.05) is 105 Å². The molecule has 0 radical (unpaired) electrons. The summed E-state index contributed by atoms with van der Waals surface area (Å²) in [6.07, 6.45) is 17.7. The Morgan fingerprint density at radius 3 is 0.674 bits per heavy atom. The summed E-state index contributed by atoms with van der Waals surface area (Å²) in [4.78, 5) is 72.0. The van der Waals surface area contributed by atoms with Crippen LogP contribution in [0.5, 0.6) is 57.5 Å². The van der Waals surface area contributed by atoms with Crippen LogP contribution in [-0.2, 0) is 73.2 Å². The van der Waals surface area contributed by atoms with Gasteiger partial charge in [-0.3, -0.25) is 43.9 Å². The van der Waals surface area contributed by atoms with Gasteiger partial charge in [0.05, 0.1) is 44.1 Å². The minimum atomic E-state index is -4.13. The van der Waals surface area contributed by atoms with Crippen molar-refractivity contribution < 1.29 is 100 Å². The van der Waals surface area contributed by atoms with Gasteiger partial charge in [-0.25, -0.2) is 47.6 Å². The molecule has 5 aliphatic heterocycles. The van der Waals surface area contributed by atoms with E-state index in [0.717, 1.165) is 0 Å². The smallest absolute Gasteiger partial charge is 0.325 e. The van der Waals surface area contributed by atoms with E-state index in [4.69, 9.17) is 43.0 Å². The van der Waals surface area contributed by atoms with Crippen molar-refractivity contribution in [3.8, 4) is 94.5 Å². The van der Waals surface area contributed by atoms with Gasteiger partial charge in [-0.05, 0) is 277 Å². The molecule has 5 saturated heterocycles. The Morgan fingerprint density at radius 2 is 0.478 bits per heavy atom. The number of amides is 1. The molecule has 0 bridgehead atoms. The Balaban J connectivity index is 0.000000178. The number of hydrogen-bond donors (Lipinski definition) is 3. The first-order chi connectivity index (χ1) is 65.4. The lowest BCUT2D eigenvalue weighted by Crippen LogP contribution is -2.57.